The van der Waals surface area contributed by atoms with Gasteiger partial charge in [-0.15, -0.1) is 0 Å². The molecule has 0 atom stereocenters. The highest BCUT2D eigenvalue weighted by Crippen LogP contribution is 2.31. The number of hydrogen-bond donors (Lipinski definition) is 0. The van der Waals surface area contributed by atoms with Crippen LogP contribution in [0.25, 0.3) is 0 Å². The molecule has 29 heavy (non-hydrogen) atoms. The number of aromatic nitrogens is 1. The molecule has 0 unspecified atom stereocenters. The molecule has 8 heteroatoms. The third-order valence-electron chi connectivity index (χ3n) is 4.18. The number of halogens is 1. The van der Waals surface area contributed by atoms with Crippen LogP contribution >= 0.6 is 11.6 Å². The van der Waals surface area contributed by atoms with Gasteiger partial charge in [-0.1, -0.05) is 32.4 Å². The van der Waals surface area contributed by atoms with Gasteiger partial charge in [-0.3, -0.25) is 9.69 Å². The molecule has 0 aliphatic rings. The second kappa shape index (κ2) is 9.13. The molecular formula is C21H27ClN2O4S. The molecule has 0 aliphatic carbocycles. The van der Waals surface area contributed by atoms with Crippen molar-refractivity contribution in [3.05, 3.63) is 47.1 Å². The van der Waals surface area contributed by atoms with Gasteiger partial charge in [0.05, 0.1) is 17.3 Å². The average molecular weight is 439 g/mol. The second-order valence-electron chi connectivity index (χ2n) is 7.61. The van der Waals surface area contributed by atoms with Gasteiger partial charge in [0.15, 0.2) is 21.4 Å². The second-order valence-corrected chi connectivity index (χ2v) is 10.0. The van der Waals surface area contributed by atoms with E-state index in [-0.39, 0.29) is 16.6 Å². The maximum atomic E-state index is 12.8. The highest BCUT2D eigenvalue weighted by Gasteiger charge is 2.30. The maximum Gasteiger partial charge on any atom is 0.233 e. The fraction of sp³-hybridized carbons (Fsp3) is 0.429. The Morgan fingerprint density at radius 1 is 1.17 bits per heavy atom. The van der Waals surface area contributed by atoms with E-state index in [0.29, 0.717) is 35.3 Å². The van der Waals surface area contributed by atoms with Crippen molar-refractivity contribution in [2.75, 3.05) is 18.1 Å². The number of nitrogens with zero attached hydrogens (tertiary/aromatic N) is 2. The van der Waals surface area contributed by atoms with Gasteiger partial charge >= 0.3 is 0 Å². The predicted molar refractivity (Wildman–Crippen MR) is 115 cm³/mol. The van der Waals surface area contributed by atoms with Gasteiger partial charge in [-0.25, -0.2) is 13.4 Å². The third kappa shape index (κ3) is 5.70. The van der Waals surface area contributed by atoms with E-state index < -0.39 is 15.3 Å². The number of carbonyl (C=O) groups excluding carboxylic acids is 1. The quantitative estimate of drug-likeness (QED) is 0.635. The van der Waals surface area contributed by atoms with Crippen molar-refractivity contribution in [1.29, 1.82) is 0 Å². The van der Waals surface area contributed by atoms with Crippen LogP contribution in [0.5, 0.6) is 5.75 Å². The number of anilines is 1. The molecule has 0 radical (unpaired) electrons. The van der Waals surface area contributed by atoms with Gasteiger partial charge in [-0.2, -0.15) is 0 Å². The summed E-state index contributed by atoms with van der Waals surface area (Å²) in [7, 11) is -3.57. The fourth-order valence-corrected chi connectivity index (χ4v) is 4.20. The Hall–Kier alpha value is -2.12. The zero-order valence-electron chi connectivity index (χ0n) is 17.4. The number of pyridine rings is 1. The van der Waals surface area contributed by atoms with Crippen molar-refractivity contribution in [2.24, 2.45) is 5.41 Å². The normalized spacial score (nSPS) is 11.9. The van der Waals surface area contributed by atoms with E-state index >= 15 is 0 Å². The molecule has 1 aromatic carbocycles. The Kier molecular flexibility index (Phi) is 7.30. The summed E-state index contributed by atoms with van der Waals surface area (Å²) in [6.07, 6.45) is 1.48. The molecule has 0 spiro atoms. The van der Waals surface area contributed by atoms with Crippen LogP contribution in [0.1, 0.15) is 40.2 Å². The number of carbonyl (C=O) groups is 1. The summed E-state index contributed by atoms with van der Waals surface area (Å²) >= 11 is 5.84. The summed E-state index contributed by atoms with van der Waals surface area (Å²) in [4.78, 5) is 18.9. The molecule has 1 aromatic heterocycles. The molecular weight excluding hydrogens is 412 g/mol. The van der Waals surface area contributed by atoms with Crippen molar-refractivity contribution in [3.63, 3.8) is 0 Å². The molecule has 2 aromatic rings. The highest BCUT2D eigenvalue weighted by molar-refractivity contribution is 7.90. The lowest BCUT2D eigenvalue weighted by molar-refractivity contribution is -0.125. The Bertz CT molecular complexity index is 967. The Morgan fingerprint density at radius 3 is 2.31 bits per heavy atom. The third-order valence-corrected chi connectivity index (χ3v) is 6.13. The van der Waals surface area contributed by atoms with E-state index in [0.717, 1.165) is 0 Å². The first-order valence-corrected chi connectivity index (χ1v) is 11.4. The number of hydrogen-bond acceptors (Lipinski definition) is 5. The van der Waals surface area contributed by atoms with E-state index in [1.54, 1.807) is 23.1 Å². The molecule has 1 heterocycles. The number of amides is 1. The molecule has 1 amide bonds. The molecule has 0 N–H and O–H groups in total. The Labute approximate surface area is 177 Å². The van der Waals surface area contributed by atoms with Gasteiger partial charge in [-0.05, 0) is 49.7 Å². The molecule has 6 nitrogen and oxygen atoms in total. The monoisotopic (exact) mass is 438 g/mol. The zero-order valence-corrected chi connectivity index (χ0v) is 19.0. The zero-order chi connectivity index (χ0) is 21.8. The molecule has 0 saturated heterocycles. The SMILES string of the molecule is CCOc1cc(CS(=O)(=O)c2ccc(Cl)cc2)cnc1N(CC)C(=O)C(C)(C)C. The van der Waals surface area contributed by atoms with Crippen LogP contribution in [-0.2, 0) is 20.4 Å². The largest absolute Gasteiger partial charge is 0.490 e. The van der Waals surface area contributed by atoms with Crippen LogP contribution in [0.4, 0.5) is 5.82 Å². The number of ether oxygens (including phenoxy) is 1. The van der Waals surface area contributed by atoms with Crippen molar-refractivity contribution in [2.45, 2.75) is 45.3 Å². The van der Waals surface area contributed by atoms with Crippen LogP contribution in [-0.4, -0.2) is 32.5 Å². The van der Waals surface area contributed by atoms with E-state index in [2.05, 4.69) is 4.98 Å². The molecule has 2 rings (SSSR count). The summed E-state index contributed by atoms with van der Waals surface area (Å²) < 4.78 is 31.1. The lowest BCUT2D eigenvalue weighted by atomic mass is 9.94. The first-order valence-electron chi connectivity index (χ1n) is 9.41. The van der Waals surface area contributed by atoms with Crippen molar-refractivity contribution < 1.29 is 17.9 Å². The number of sulfone groups is 1. The fourth-order valence-electron chi connectivity index (χ4n) is 2.76. The summed E-state index contributed by atoms with van der Waals surface area (Å²) in [6, 6.07) is 7.67. The van der Waals surface area contributed by atoms with Gasteiger partial charge in [0.2, 0.25) is 5.91 Å². The van der Waals surface area contributed by atoms with Crippen LogP contribution < -0.4 is 9.64 Å². The van der Waals surface area contributed by atoms with E-state index in [4.69, 9.17) is 16.3 Å². The Balaban J connectivity index is 2.40. The van der Waals surface area contributed by atoms with Crippen LogP contribution in [0.3, 0.4) is 0 Å². The van der Waals surface area contributed by atoms with Gasteiger partial charge < -0.3 is 4.74 Å². The topological polar surface area (TPSA) is 76.6 Å². The smallest absolute Gasteiger partial charge is 0.233 e. The number of benzene rings is 1. The molecule has 0 aliphatic heterocycles. The summed E-state index contributed by atoms with van der Waals surface area (Å²) in [5.74, 6) is 0.453. The molecule has 158 valence electrons. The van der Waals surface area contributed by atoms with E-state index in [1.165, 1.54) is 18.3 Å². The minimum Gasteiger partial charge on any atom is -0.490 e. The Morgan fingerprint density at radius 2 is 1.79 bits per heavy atom. The minimum atomic E-state index is -3.57. The van der Waals surface area contributed by atoms with Crippen molar-refractivity contribution in [1.82, 2.24) is 4.98 Å². The minimum absolute atomic E-state index is 0.0880. The van der Waals surface area contributed by atoms with Crippen LogP contribution in [0.15, 0.2) is 41.4 Å². The highest BCUT2D eigenvalue weighted by atomic mass is 35.5. The lowest BCUT2D eigenvalue weighted by Gasteiger charge is -2.29. The van der Waals surface area contributed by atoms with Gasteiger partial charge in [0.25, 0.3) is 0 Å². The van der Waals surface area contributed by atoms with Crippen LogP contribution in [0, 0.1) is 5.41 Å². The molecule has 0 saturated carbocycles. The average Bonchev–Trinajstić information content (AvgIpc) is 2.63. The summed E-state index contributed by atoms with van der Waals surface area (Å²) in [6.45, 7) is 9.99. The molecule has 0 fully saturated rings. The standard InChI is InChI=1S/C21H27ClN2O4S/c1-6-24(20(25)21(3,4)5)19-18(28-7-2)12-15(13-23-19)14-29(26,27)17-10-8-16(22)9-11-17/h8-13H,6-7,14H2,1-5H3. The van der Waals surface area contributed by atoms with E-state index in [9.17, 15) is 13.2 Å². The predicted octanol–water partition coefficient (Wildman–Crippen LogP) is 4.51. The lowest BCUT2D eigenvalue weighted by Crippen LogP contribution is -2.40. The summed E-state index contributed by atoms with van der Waals surface area (Å²) in [5.41, 5.74) is -0.107. The molecule has 0 bridgehead atoms. The van der Waals surface area contributed by atoms with Crippen molar-refractivity contribution >= 4 is 33.2 Å². The van der Waals surface area contributed by atoms with Crippen molar-refractivity contribution in [3.8, 4) is 5.75 Å². The maximum absolute atomic E-state index is 12.8. The summed E-state index contributed by atoms with van der Waals surface area (Å²) in [5, 5.41) is 0.469. The van der Waals surface area contributed by atoms with E-state index in [1.807, 2.05) is 34.6 Å². The van der Waals surface area contributed by atoms with Gasteiger partial charge in [0, 0.05) is 23.2 Å². The first kappa shape index (κ1) is 23.2. The van der Waals surface area contributed by atoms with Gasteiger partial charge in [0.1, 0.15) is 0 Å². The first-order chi connectivity index (χ1) is 13.5. The van der Waals surface area contributed by atoms with Crippen LogP contribution in [0.2, 0.25) is 5.02 Å². The number of rotatable bonds is 7.